The van der Waals surface area contributed by atoms with Crippen LogP contribution in [0.1, 0.15) is 12.5 Å². The summed E-state index contributed by atoms with van der Waals surface area (Å²) in [7, 11) is 0. The fraction of sp³-hybridized carbons (Fsp3) is 0.467. The molecule has 1 aromatic carbocycles. The first-order chi connectivity index (χ1) is 9.97. The molecule has 1 atom stereocenters. The van der Waals surface area contributed by atoms with Gasteiger partial charge < -0.3 is 14.7 Å². The van der Waals surface area contributed by atoms with Crippen LogP contribution in [-0.2, 0) is 9.53 Å². The molecule has 0 saturated carbocycles. The summed E-state index contributed by atoms with van der Waals surface area (Å²) >= 11 is 0. The molecule has 0 aliphatic carbocycles. The number of rotatable bonds is 3. The van der Waals surface area contributed by atoms with Gasteiger partial charge in [-0.05, 0) is 26.0 Å². The quantitative estimate of drug-likeness (QED) is 0.921. The van der Waals surface area contributed by atoms with Crippen molar-refractivity contribution < 1.29 is 19.4 Å². The molecule has 21 heavy (non-hydrogen) atoms. The van der Waals surface area contributed by atoms with Gasteiger partial charge in [-0.2, -0.15) is 0 Å². The van der Waals surface area contributed by atoms with E-state index in [1.807, 2.05) is 26.0 Å². The SMILES string of the molecule is Cc1ccc(N(CC(=O)O)C(=O)N2CCOC(C)C2)cc1. The number of benzene rings is 1. The van der Waals surface area contributed by atoms with E-state index in [9.17, 15) is 9.59 Å². The third kappa shape index (κ3) is 3.95. The largest absolute Gasteiger partial charge is 0.480 e. The number of urea groups is 1. The molecule has 0 aromatic heterocycles. The van der Waals surface area contributed by atoms with Gasteiger partial charge in [0.25, 0.3) is 0 Å². The molecule has 0 spiro atoms. The summed E-state index contributed by atoms with van der Waals surface area (Å²) in [4.78, 5) is 26.6. The molecule has 1 N–H and O–H groups in total. The van der Waals surface area contributed by atoms with E-state index in [1.54, 1.807) is 17.0 Å². The van der Waals surface area contributed by atoms with Gasteiger partial charge in [0.2, 0.25) is 0 Å². The molecule has 1 unspecified atom stereocenters. The topological polar surface area (TPSA) is 70.1 Å². The van der Waals surface area contributed by atoms with Gasteiger partial charge in [0.05, 0.1) is 12.7 Å². The van der Waals surface area contributed by atoms with Gasteiger partial charge in [0.15, 0.2) is 0 Å². The van der Waals surface area contributed by atoms with Crippen LogP contribution in [0.2, 0.25) is 0 Å². The van der Waals surface area contributed by atoms with Crippen molar-refractivity contribution >= 4 is 17.7 Å². The number of hydrogen-bond donors (Lipinski definition) is 1. The van der Waals surface area contributed by atoms with Crippen molar-refractivity contribution in [2.24, 2.45) is 0 Å². The van der Waals surface area contributed by atoms with Crippen LogP contribution in [0.15, 0.2) is 24.3 Å². The number of carboxylic acid groups (broad SMARTS) is 1. The number of nitrogens with zero attached hydrogens (tertiary/aromatic N) is 2. The lowest BCUT2D eigenvalue weighted by Gasteiger charge is -2.35. The minimum Gasteiger partial charge on any atom is -0.480 e. The Labute approximate surface area is 123 Å². The zero-order chi connectivity index (χ0) is 15.4. The molecule has 1 saturated heterocycles. The first kappa shape index (κ1) is 15.3. The van der Waals surface area contributed by atoms with Gasteiger partial charge >= 0.3 is 12.0 Å². The lowest BCUT2D eigenvalue weighted by Crippen LogP contribution is -2.51. The molecule has 2 amide bonds. The predicted molar refractivity (Wildman–Crippen MR) is 78.5 cm³/mol. The Kier molecular flexibility index (Phi) is 4.80. The average Bonchev–Trinajstić information content (AvgIpc) is 2.45. The number of hydrogen-bond acceptors (Lipinski definition) is 3. The van der Waals surface area contributed by atoms with Crippen LogP contribution in [0.3, 0.4) is 0 Å². The summed E-state index contributed by atoms with van der Waals surface area (Å²) in [6.07, 6.45) is -0.0348. The summed E-state index contributed by atoms with van der Waals surface area (Å²) in [5, 5.41) is 9.06. The summed E-state index contributed by atoms with van der Waals surface area (Å²) < 4.78 is 5.41. The standard InChI is InChI=1S/C15H20N2O4/c1-11-3-5-13(6-4-11)17(10-14(18)19)15(20)16-7-8-21-12(2)9-16/h3-6,12H,7-10H2,1-2H3,(H,18,19). The molecule has 0 bridgehead atoms. The molecule has 1 aliphatic heterocycles. The number of carbonyl (C=O) groups is 2. The van der Waals surface area contributed by atoms with Crippen LogP contribution >= 0.6 is 0 Å². The van der Waals surface area contributed by atoms with Gasteiger partial charge in [-0.25, -0.2) is 4.79 Å². The predicted octanol–water partition coefficient (Wildman–Crippen LogP) is 1.73. The fourth-order valence-corrected chi connectivity index (χ4v) is 2.29. The number of amides is 2. The summed E-state index contributed by atoms with van der Waals surface area (Å²) in [5.74, 6) is -1.04. The van der Waals surface area contributed by atoms with E-state index >= 15 is 0 Å². The number of morpholine rings is 1. The maximum atomic E-state index is 12.6. The Bertz CT molecular complexity index is 515. The Morgan fingerprint density at radius 3 is 2.62 bits per heavy atom. The van der Waals surface area contributed by atoms with Crippen LogP contribution in [0.25, 0.3) is 0 Å². The van der Waals surface area contributed by atoms with Crippen molar-refractivity contribution in [2.75, 3.05) is 31.1 Å². The number of carbonyl (C=O) groups excluding carboxylic acids is 1. The monoisotopic (exact) mass is 292 g/mol. The highest BCUT2D eigenvalue weighted by Crippen LogP contribution is 2.18. The fourth-order valence-electron chi connectivity index (χ4n) is 2.29. The Morgan fingerprint density at radius 1 is 1.38 bits per heavy atom. The molecule has 1 aromatic rings. The first-order valence-electron chi connectivity index (χ1n) is 6.94. The molecule has 6 heteroatoms. The van der Waals surface area contributed by atoms with Crippen LogP contribution in [0.5, 0.6) is 0 Å². The third-order valence-electron chi connectivity index (χ3n) is 3.38. The Hall–Kier alpha value is -2.08. The smallest absolute Gasteiger partial charge is 0.325 e. The summed E-state index contributed by atoms with van der Waals surface area (Å²) in [6, 6.07) is 6.95. The molecule has 1 aliphatic rings. The van der Waals surface area contributed by atoms with E-state index in [4.69, 9.17) is 9.84 Å². The zero-order valence-corrected chi connectivity index (χ0v) is 12.3. The lowest BCUT2D eigenvalue weighted by atomic mass is 10.2. The molecule has 6 nitrogen and oxygen atoms in total. The van der Waals surface area contributed by atoms with Crippen LogP contribution in [-0.4, -0.2) is 54.4 Å². The normalized spacial score (nSPS) is 18.4. The second kappa shape index (κ2) is 6.58. The third-order valence-corrected chi connectivity index (χ3v) is 3.38. The van der Waals surface area contributed by atoms with E-state index in [1.165, 1.54) is 4.90 Å². The first-order valence-corrected chi connectivity index (χ1v) is 6.94. The van der Waals surface area contributed by atoms with E-state index in [0.717, 1.165) is 5.56 Å². The zero-order valence-electron chi connectivity index (χ0n) is 12.3. The summed E-state index contributed by atoms with van der Waals surface area (Å²) in [6.45, 7) is 4.91. The summed E-state index contributed by atoms with van der Waals surface area (Å²) in [5.41, 5.74) is 1.65. The van der Waals surface area contributed by atoms with E-state index in [0.29, 0.717) is 25.4 Å². The highest BCUT2D eigenvalue weighted by molar-refractivity contribution is 5.96. The highest BCUT2D eigenvalue weighted by Gasteiger charge is 2.27. The minimum atomic E-state index is -1.04. The van der Waals surface area contributed by atoms with E-state index < -0.39 is 5.97 Å². The molecular formula is C15H20N2O4. The Morgan fingerprint density at radius 2 is 2.05 bits per heavy atom. The highest BCUT2D eigenvalue weighted by atomic mass is 16.5. The van der Waals surface area contributed by atoms with Crippen molar-refractivity contribution in [1.29, 1.82) is 0 Å². The number of carboxylic acids is 1. The van der Waals surface area contributed by atoms with Crippen molar-refractivity contribution in [3.63, 3.8) is 0 Å². The minimum absolute atomic E-state index is 0.0348. The molecule has 2 rings (SSSR count). The van der Waals surface area contributed by atoms with E-state index in [-0.39, 0.29) is 18.7 Å². The van der Waals surface area contributed by atoms with Crippen molar-refractivity contribution in [3.8, 4) is 0 Å². The van der Waals surface area contributed by atoms with Gasteiger partial charge in [-0.1, -0.05) is 17.7 Å². The van der Waals surface area contributed by atoms with E-state index in [2.05, 4.69) is 0 Å². The van der Waals surface area contributed by atoms with Crippen LogP contribution in [0, 0.1) is 6.92 Å². The maximum Gasteiger partial charge on any atom is 0.325 e. The molecular weight excluding hydrogens is 272 g/mol. The van der Waals surface area contributed by atoms with Gasteiger partial charge in [-0.3, -0.25) is 9.69 Å². The lowest BCUT2D eigenvalue weighted by molar-refractivity contribution is -0.135. The Balaban J connectivity index is 2.20. The second-order valence-electron chi connectivity index (χ2n) is 5.23. The van der Waals surface area contributed by atoms with Crippen LogP contribution in [0.4, 0.5) is 10.5 Å². The van der Waals surface area contributed by atoms with Crippen LogP contribution < -0.4 is 4.90 Å². The maximum absolute atomic E-state index is 12.6. The number of anilines is 1. The van der Waals surface area contributed by atoms with Gasteiger partial charge in [0.1, 0.15) is 6.54 Å². The molecule has 1 fully saturated rings. The number of ether oxygens (including phenoxy) is 1. The number of aryl methyl sites for hydroxylation is 1. The van der Waals surface area contributed by atoms with Crippen molar-refractivity contribution in [1.82, 2.24) is 4.90 Å². The molecule has 114 valence electrons. The van der Waals surface area contributed by atoms with Gasteiger partial charge in [-0.15, -0.1) is 0 Å². The molecule has 0 radical (unpaired) electrons. The number of aliphatic carboxylic acids is 1. The van der Waals surface area contributed by atoms with Gasteiger partial charge in [0, 0.05) is 18.8 Å². The van der Waals surface area contributed by atoms with Crippen molar-refractivity contribution in [3.05, 3.63) is 29.8 Å². The average molecular weight is 292 g/mol. The molecule has 1 heterocycles. The second-order valence-corrected chi connectivity index (χ2v) is 5.23. The van der Waals surface area contributed by atoms with Crippen molar-refractivity contribution in [2.45, 2.75) is 20.0 Å².